The Balaban J connectivity index is 1.67. The minimum absolute atomic E-state index is 0.0912. The first-order valence-electron chi connectivity index (χ1n) is 8.84. The van der Waals surface area contributed by atoms with Crippen LogP contribution in [0.5, 0.6) is 0 Å². The minimum Gasteiger partial charge on any atom is -0.459 e. The van der Waals surface area contributed by atoms with Crippen molar-refractivity contribution in [1.29, 1.82) is 0 Å². The maximum atomic E-state index is 12.7. The average molecular weight is 390 g/mol. The molecule has 142 valence electrons. The third kappa shape index (κ3) is 4.96. The predicted molar refractivity (Wildman–Crippen MR) is 101 cm³/mol. The summed E-state index contributed by atoms with van der Waals surface area (Å²) < 4.78 is 11.0. The molecule has 2 atom stereocenters. The third-order valence-electron chi connectivity index (χ3n) is 4.25. The van der Waals surface area contributed by atoms with E-state index in [1.807, 2.05) is 13.0 Å². The summed E-state index contributed by atoms with van der Waals surface area (Å²) in [6.45, 7) is 5.20. The van der Waals surface area contributed by atoms with Crippen molar-refractivity contribution in [3.63, 3.8) is 0 Å². The number of rotatable bonds is 8. The number of halogens is 1. The number of benzene rings is 1. The summed E-state index contributed by atoms with van der Waals surface area (Å²) in [5.41, 5.74) is 0.674. The zero-order valence-electron chi connectivity index (χ0n) is 15.2. The third-order valence-corrected chi connectivity index (χ3v) is 4.48. The highest BCUT2D eigenvalue weighted by atomic mass is 35.5. The number of furan rings is 1. The van der Waals surface area contributed by atoms with E-state index in [9.17, 15) is 4.79 Å². The number of aromatic nitrogens is 2. The van der Waals surface area contributed by atoms with E-state index in [0.29, 0.717) is 34.8 Å². The summed E-state index contributed by atoms with van der Waals surface area (Å²) in [6.07, 6.45) is 2.47. The van der Waals surface area contributed by atoms with Crippen LogP contribution in [0, 0.1) is 0 Å². The van der Waals surface area contributed by atoms with Crippen molar-refractivity contribution in [3.8, 4) is 11.7 Å². The molecule has 2 aromatic heterocycles. The Morgan fingerprint density at radius 2 is 2.15 bits per heavy atom. The van der Waals surface area contributed by atoms with Gasteiger partial charge in [0.05, 0.1) is 12.8 Å². The molecule has 0 fully saturated rings. The molecule has 0 spiro atoms. The molecule has 1 amide bonds. The SMILES string of the molecule is CCC[NH+](Cc1nnc(-c2ccco2)o1)[C@@H](C)C(=O)Nc1cccc(Cl)c1. The number of carbonyl (C=O) groups excluding carboxylic acids is 1. The highest BCUT2D eigenvalue weighted by Crippen LogP contribution is 2.17. The molecule has 0 bridgehead atoms. The lowest BCUT2D eigenvalue weighted by Crippen LogP contribution is -3.15. The van der Waals surface area contributed by atoms with Gasteiger partial charge < -0.3 is 19.1 Å². The van der Waals surface area contributed by atoms with Crippen LogP contribution in [-0.2, 0) is 11.3 Å². The van der Waals surface area contributed by atoms with E-state index >= 15 is 0 Å². The highest BCUT2D eigenvalue weighted by molar-refractivity contribution is 6.30. The molecule has 2 N–H and O–H groups in total. The van der Waals surface area contributed by atoms with Gasteiger partial charge in [-0.3, -0.25) is 4.79 Å². The number of nitrogens with one attached hydrogen (secondary N) is 2. The second-order valence-corrected chi connectivity index (χ2v) is 6.72. The number of anilines is 1. The summed E-state index contributed by atoms with van der Waals surface area (Å²) in [5, 5.41) is 11.6. The predicted octanol–water partition coefficient (Wildman–Crippen LogP) is 2.81. The second-order valence-electron chi connectivity index (χ2n) is 6.28. The Kier molecular flexibility index (Phi) is 6.26. The molecule has 1 aromatic carbocycles. The maximum Gasteiger partial charge on any atom is 0.283 e. The summed E-state index contributed by atoms with van der Waals surface area (Å²) in [4.78, 5) is 13.7. The molecular weight excluding hydrogens is 368 g/mol. The van der Waals surface area contributed by atoms with Crippen LogP contribution in [0.4, 0.5) is 5.69 Å². The largest absolute Gasteiger partial charge is 0.459 e. The number of amides is 1. The summed E-state index contributed by atoms with van der Waals surface area (Å²) >= 11 is 5.98. The molecule has 0 radical (unpaired) electrons. The lowest BCUT2D eigenvalue weighted by Gasteiger charge is -2.23. The van der Waals surface area contributed by atoms with Gasteiger partial charge in [-0.15, -0.1) is 10.2 Å². The van der Waals surface area contributed by atoms with Gasteiger partial charge in [-0.1, -0.05) is 24.6 Å². The van der Waals surface area contributed by atoms with E-state index in [2.05, 4.69) is 22.4 Å². The standard InChI is InChI=1S/C19H21ClN4O3/c1-3-9-24(12-17-22-23-19(27-17)16-8-5-10-26-16)13(2)18(25)21-15-7-4-6-14(20)11-15/h4-8,10-11,13H,3,9,12H2,1-2H3,(H,21,25)/p+1/t13-/m0/s1. The molecular formula is C19H22ClN4O3+. The Labute approximate surface area is 162 Å². The molecule has 7 nitrogen and oxygen atoms in total. The average Bonchev–Trinajstić information content (AvgIpc) is 3.32. The normalized spacial score (nSPS) is 13.3. The molecule has 1 unspecified atom stereocenters. The fraction of sp³-hybridized carbons (Fsp3) is 0.316. The van der Waals surface area contributed by atoms with Crippen molar-refractivity contribution in [1.82, 2.24) is 10.2 Å². The van der Waals surface area contributed by atoms with Gasteiger partial charge in [0.1, 0.15) is 0 Å². The van der Waals surface area contributed by atoms with Gasteiger partial charge in [0.15, 0.2) is 18.3 Å². The summed E-state index contributed by atoms with van der Waals surface area (Å²) in [7, 11) is 0. The number of carbonyl (C=O) groups is 1. The van der Waals surface area contributed by atoms with Crippen molar-refractivity contribution in [3.05, 3.63) is 53.6 Å². The van der Waals surface area contributed by atoms with Crippen molar-refractivity contribution < 1.29 is 18.5 Å². The van der Waals surface area contributed by atoms with Crippen LogP contribution in [0.15, 0.2) is 51.5 Å². The fourth-order valence-corrected chi connectivity index (χ4v) is 2.99. The van der Waals surface area contributed by atoms with Crippen LogP contribution in [0.2, 0.25) is 5.02 Å². The van der Waals surface area contributed by atoms with Gasteiger partial charge in [0.25, 0.3) is 17.7 Å². The van der Waals surface area contributed by atoms with Crippen molar-refractivity contribution in [2.24, 2.45) is 0 Å². The maximum absolute atomic E-state index is 12.7. The number of quaternary nitrogens is 1. The van der Waals surface area contributed by atoms with E-state index in [1.54, 1.807) is 36.6 Å². The van der Waals surface area contributed by atoms with Crippen LogP contribution in [0.25, 0.3) is 11.7 Å². The van der Waals surface area contributed by atoms with E-state index < -0.39 is 0 Å². The molecule has 0 aliphatic heterocycles. The van der Waals surface area contributed by atoms with E-state index in [0.717, 1.165) is 17.9 Å². The van der Waals surface area contributed by atoms with Gasteiger partial charge in [0, 0.05) is 10.7 Å². The zero-order valence-corrected chi connectivity index (χ0v) is 16.0. The molecule has 0 saturated heterocycles. The highest BCUT2D eigenvalue weighted by Gasteiger charge is 2.27. The van der Waals surface area contributed by atoms with Gasteiger partial charge in [-0.2, -0.15) is 0 Å². The van der Waals surface area contributed by atoms with Crippen molar-refractivity contribution in [2.75, 3.05) is 11.9 Å². The van der Waals surface area contributed by atoms with E-state index in [1.165, 1.54) is 0 Å². The topological polar surface area (TPSA) is 85.6 Å². The second kappa shape index (κ2) is 8.83. The van der Waals surface area contributed by atoms with Crippen LogP contribution >= 0.6 is 11.6 Å². The Morgan fingerprint density at radius 3 is 2.85 bits per heavy atom. The van der Waals surface area contributed by atoms with Crippen molar-refractivity contribution >= 4 is 23.2 Å². The number of nitrogens with zero attached hydrogens (tertiary/aromatic N) is 2. The van der Waals surface area contributed by atoms with Crippen LogP contribution < -0.4 is 10.2 Å². The number of hydrogen-bond acceptors (Lipinski definition) is 5. The molecule has 2 heterocycles. The van der Waals surface area contributed by atoms with Gasteiger partial charge in [-0.05, 0) is 43.7 Å². The smallest absolute Gasteiger partial charge is 0.283 e. The summed E-state index contributed by atoms with van der Waals surface area (Å²) in [6, 6.07) is 10.3. The van der Waals surface area contributed by atoms with Gasteiger partial charge in [-0.25, -0.2) is 0 Å². The Hall–Kier alpha value is -2.64. The first-order chi connectivity index (χ1) is 13.1. The Bertz CT molecular complexity index is 879. The minimum atomic E-state index is -0.303. The lowest BCUT2D eigenvalue weighted by molar-refractivity contribution is -0.928. The Morgan fingerprint density at radius 1 is 1.30 bits per heavy atom. The zero-order chi connectivity index (χ0) is 19.2. The van der Waals surface area contributed by atoms with E-state index in [4.69, 9.17) is 20.4 Å². The van der Waals surface area contributed by atoms with Crippen LogP contribution in [0.1, 0.15) is 26.2 Å². The van der Waals surface area contributed by atoms with Gasteiger partial charge >= 0.3 is 0 Å². The first kappa shape index (κ1) is 19.1. The fourth-order valence-electron chi connectivity index (χ4n) is 2.80. The molecule has 3 rings (SSSR count). The molecule has 0 saturated carbocycles. The van der Waals surface area contributed by atoms with Crippen LogP contribution in [0.3, 0.4) is 0 Å². The monoisotopic (exact) mass is 389 g/mol. The molecule has 3 aromatic rings. The molecule has 8 heteroatoms. The lowest BCUT2D eigenvalue weighted by atomic mass is 10.2. The quantitative estimate of drug-likeness (QED) is 0.618. The molecule has 27 heavy (non-hydrogen) atoms. The first-order valence-corrected chi connectivity index (χ1v) is 9.22. The molecule has 0 aliphatic carbocycles. The molecule has 0 aliphatic rings. The van der Waals surface area contributed by atoms with Crippen molar-refractivity contribution in [2.45, 2.75) is 32.9 Å². The summed E-state index contributed by atoms with van der Waals surface area (Å²) in [5.74, 6) is 1.23. The van der Waals surface area contributed by atoms with Gasteiger partial charge in [0.2, 0.25) is 0 Å². The number of hydrogen-bond donors (Lipinski definition) is 2. The van der Waals surface area contributed by atoms with E-state index in [-0.39, 0.29) is 11.9 Å². The van der Waals surface area contributed by atoms with Crippen LogP contribution in [-0.4, -0.2) is 28.7 Å².